The largest absolute Gasteiger partial charge is 0.352 e. The number of nitrogens with one attached hydrogen (secondary N) is 2. The summed E-state index contributed by atoms with van der Waals surface area (Å²) in [5.74, 6) is 0. The second-order valence-electron chi connectivity index (χ2n) is 9.08. The molecule has 0 bridgehead atoms. The monoisotopic (exact) mass is 458 g/mol. The van der Waals surface area contributed by atoms with Crippen LogP contribution in [0.1, 0.15) is 57.2 Å². The number of aliphatic imine (C=N–C) groups is 1. The number of fused-ring (bicyclic) bond motifs is 1. The Kier molecular flexibility index (Phi) is 7.14. The lowest BCUT2D eigenvalue weighted by Crippen LogP contribution is -2.34. The topological polar surface area (TPSA) is 87.0 Å². The van der Waals surface area contributed by atoms with Gasteiger partial charge >= 0.3 is 0 Å². The number of nitrogens with zero attached hydrogens (tertiary/aromatic N) is 6. The molecule has 2 aliphatic rings. The van der Waals surface area contributed by atoms with Gasteiger partial charge in [-0.3, -0.25) is 9.67 Å². The minimum Gasteiger partial charge on any atom is -0.352 e. The number of likely N-dealkylation sites (tertiary alicyclic amines) is 1. The van der Waals surface area contributed by atoms with E-state index in [-0.39, 0.29) is 0 Å². The summed E-state index contributed by atoms with van der Waals surface area (Å²) in [7, 11) is 0. The van der Waals surface area contributed by atoms with Gasteiger partial charge in [-0.2, -0.15) is 5.10 Å². The van der Waals surface area contributed by atoms with E-state index in [1.54, 1.807) is 6.34 Å². The standard InChI is InChI=1S/C26H34N8/c1-2-33-12-9-22(10-13-33)34-18-21(15-31-34)23-16-29-26-25(23)32-24(17-30-26)20-8-6-4-3-5-7-11-27-19-28-14-20/h6,8,14-19,22H,2-5,7,9-13H2,1H3,(H,27,28)(H,29,30). The molecule has 0 aliphatic carbocycles. The fourth-order valence-corrected chi connectivity index (χ4v) is 4.73. The van der Waals surface area contributed by atoms with Gasteiger partial charge in [0, 0.05) is 54.9 Å². The molecular weight excluding hydrogens is 424 g/mol. The van der Waals surface area contributed by atoms with Gasteiger partial charge in [0.05, 0.1) is 30.5 Å². The van der Waals surface area contributed by atoms with Crippen molar-refractivity contribution in [2.75, 3.05) is 26.2 Å². The van der Waals surface area contributed by atoms with Crippen molar-refractivity contribution in [2.45, 2.75) is 51.5 Å². The number of hydrogen-bond acceptors (Lipinski definition) is 6. The van der Waals surface area contributed by atoms with E-state index in [0.29, 0.717) is 6.04 Å². The first kappa shape index (κ1) is 22.5. The van der Waals surface area contributed by atoms with E-state index in [0.717, 1.165) is 85.4 Å². The normalized spacial score (nSPS) is 18.9. The Labute approximate surface area is 200 Å². The van der Waals surface area contributed by atoms with E-state index in [9.17, 15) is 0 Å². The highest BCUT2D eigenvalue weighted by Crippen LogP contribution is 2.30. The van der Waals surface area contributed by atoms with Crippen LogP contribution < -0.4 is 5.32 Å². The van der Waals surface area contributed by atoms with Gasteiger partial charge in [-0.15, -0.1) is 0 Å². The van der Waals surface area contributed by atoms with E-state index in [2.05, 4.69) is 55.1 Å². The van der Waals surface area contributed by atoms with Crippen LogP contribution in [-0.2, 0) is 0 Å². The van der Waals surface area contributed by atoms with E-state index in [4.69, 9.17) is 10.1 Å². The molecule has 8 nitrogen and oxygen atoms in total. The summed E-state index contributed by atoms with van der Waals surface area (Å²) < 4.78 is 2.14. The van der Waals surface area contributed by atoms with Gasteiger partial charge in [0.1, 0.15) is 5.52 Å². The average Bonchev–Trinajstić information content (AvgIpc) is 3.51. The van der Waals surface area contributed by atoms with E-state index in [1.165, 1.54) is 12.8 Å². The first-order valence-electron chi connectivity index (χ1n) is 12.5. The third kappa shape index (κ3) is 5.12. The molecule has 0 saturated carbocycles. The molecule has 2 N–H and O–H groups in total. The van der Waals surface area contributed by atoms with Gasteiger partial charge in [-0.25, -0.2) is 9.97 Å². The van der Waals surface area contributed by atoms with Crippen molar-refractivity contribution >= 4 is 23.1 Å². The zero-order valence-corrected chi connectivity index (χ0v) is 20.0. The molecule has 3 aromatic rings. The number of H-pyrrole nitrogens is 1. The van der Waals surface area contributed by atoms with E-state index in [1.807, 2.05) is 24.8 Å². The minimum atomic E-state index is 0.461. The first-order chi connectivity index (χ1) is 16.8. The Bertz CT molecular complexity index is 1180. The van der Waals surface area contributed by atoms with Gasteiger partial charge in [-0.1, -0.05) is 25.5 Å². The predicted octanol–water partition coefficient (Wildman–Crippen LogP) is 4.57. The van der Waals surface area contributed by atoms with Crippen molar-refractivity contribution in [3.8, 4) is 11.1 Å². The molecule has 1 saturated heterocycles. The number of rotatable bonds is 4. The number of aromatic nitrogens is 5. The van der Waals surface area contributed by atoms with Crippen LogP contribution in [0.4, 0.5) is 0 Å². The van der Waals surface area contributed by atoms with Crippen LogP contribution in [0.2, 0.25) is 0 Å². The van der Waals surface area contributed by atoms with Crippen LogP contribution in [0.5, 0.6) is 0 Å². The molecule has 0 unspecified atom stereocenters. The fraction of sp³-hybridized carbons (Fsp3) is 0.462. The molecule has 178 valence electrons. The highest BCUT2D eigenvalue weighted by molar-refractivity contribution is 5.91. The van der Waals surface area contributed by atoms with Crippen LogP contribution in [-0.4, -0.2) is 62.1 Å². The number of hydrogen-bond donors (Lipinski definition) is 2. The van der Waals surface area contributed by atoms with Crippen LogP contribution in [0.25, 0.3) is 27.9 Å². The van der Waals surface area contributed by atoms with Crippen molar-refractivity contribution in [1.82, 2.24) is 34.9 Å². The molecule has 0 radical (unpaired) electrons. The number of aromatic amines is 1. The lowest BCUT2D eigenvalue weighted by atomic mass is 10.1. The van der Waals surface area contributed by atoms with Crippen molar-refractivity contribution in [3.05, 3.63) is 48.8 Å². The highest BCUT2D eigenvalue weighted by atomic mass is 15.3. The Balaban J connectivity index is 1.41. The van der Waals surface area contributed by atoms with Crippen LogP contribution in [0, 0.1) is 0 Å². The molecule has 0 amide bonds. The first-order valence-corrected chi connectivity index (χ1v) is 12.5. The van der Waals surface area contributed by atoms with Crippen molar-refractivity contribution < 1.29 is 0 Å². The molecule has 8 heteroatoms. The van der Waals surface area contributed by atoms with Crippen LogP contribution in [0.15, 0.2) is 48.1 Å². The fourth-order valence-electron chi connectivity index (χ4n) is 4.73. The van der Waals surface area contributed by atoms with E-state index < -0.39 is 0 Å². The zero-order chi connectivity index (χ0) is 23.2. The molecule has 3 aromatic heterocycles. The Morgan fingerprint density at radius 2 is 2.03 bits per heavy atom. The summed E-state index contributed by atoms with van der Waals surface area (Å²) in [4.78, 5) is 19.9. The summed E-state index contributed by atoms with van der Waals surface area (Å²) in [6.07, 6.45) is 22.9. The molecular formula is C26H34N8. The second kappa shape index (κ2) is 10.8. The average molecular weight is 459 g/mol. The Morgan fingerprint density at radius 3 is 2.91 bits per heavy atom. The molecule has 1 fully saturated rings. The van der Waals surface area contributed by atoms with Gasteiger partial charge in [0.15, 0.2) is 5.65 Å². The van der Waals surface area contributed by atoms with Crippen molar-refractivity contribution in [1.29, 1.82) is 0 Å². The van der Waals surface area contributed by atoms with Crippen LogP contribution >= 0.6 is 0 Å². The molecule has 0 spiro atoms. The van der Waals surface area contributed by atoms with Gasteiger partial charge < -0.3 is 15.2 Å². The summed E-state index contributed by atoms with van der Waals surface area (Å²) in [6.45, 7) is 6.50. The molecule has 0 atom stereocenters. The predicted molar refractivity (Wildman–Crippen MR) is 138 cm³/mol. The van der Waals surface area contributed by atoms with Gasteiger partial charge in [-0.05, 0) is 38.6 Å². The van der Waals surface area contributed by atoms with Gasteiger partial charge in [0.25, 0.3) is 0 Å². The van der Waals surface area contributed by atoms with Crippen molar-refractivity contribution in [3.63, 3.8) is 0 Å². The second-order valence-corrected chi connectivity index (χ2v) is 9.08. The third-order valence-corrected chi connectivity index (χ3v) is 6.83. The summed E-state index contributed by atoms with van der Waals surface area (Å²) >= 11 is 0. The van der Waals surface area contributed by atoms with Gasteiger partial charge in [0.2, 0.25) is 0 Å². The molecule has 5 heterocycles. The number of allylic oxidation sites excluding steroid dienone is 3. The summed E-state index contributed by atoms with van der Waals surface area (Å²) in [5.41, 5.74) is 5.59. The highest BCUT2D eigenvalue weighted by Gasteiger charge is 2.21. The van der Waals surface area contributed by atoms with Crippen molar-refractivity contribution in [2.24, 2.45) is 4.99 Å². The quantitative estimate of drug-likeness (QED) is 0.598. The lowest BCUT2D eigenvalue weighted by Gasteiger charge is -2.31. The van der Waals surface area contributed by atoms with Crippen LogP contribution in [0.3, 0.4) is 0 Å². The zero-order valence-electron chi connectivity index (χ0n) is 20.0. The summed E-state index contributed by atoms with van der Waals surface area (Å²) in [5, 5.41) is 7.90. The Morgan fingerprint density at radius 1 is 1.12 bits per heavy atom. The maximum atomic E-state index is 5.00. The summed E-state index contributed by atoms with van der Waals surface area (Å²) in [6, 6.07) is 0.461. The number of piperidine rings is 1. The Hall–Kier alpha value is -3.26. The molecule has 34 heavy (non-hydrogen) atoms. The minimum absolute atomic E-state index is 0.461. The molecule has 2 aliphatic heterocycles. The maximum Gasteiger partial charge on any atom is 0.156 e. The van der Waals surface area contributed by atoms with E-state index >= 15 is 0 Å². The SMILES string of the molecule is CCN1CCC(n2cc(-c3c[nH]c4ncc(C5=CNC=NCCCCCC=C5)nc34)cn2)CC1. The third-order valence-electron chi connectivity index (χ3n) is 6.83. The smallest absolute Gasteiger partial charge is 0.156 e. The maximum absolute atomic E-state index is 5.00. The molecule has 0 aromatic carbocycles. The molecule has 5 rings (SSSR count). The lowest BCUT2D eigenvalue weighted by molar-refractivity contribution is 0.187.